The molecule has 2 aliphatic heterocycles. The van der Waals surface area contributed by atoms with Crippen molar-refractivity contribution in [1.29, 1.82) is 0 Å². The summed E-state index contributed by atoms with van der Waals surface area (Å²) < 4.78 is 0. The molecule has 2 saturated heterocycles. The molecule has 2 heterocycles. The van der Waals surface area contributed by atoms with E-state index in [0.29, 0.717) is 12.8 Å². The van der Waals surface area contributed by atoms with Crippen LogP contribution in [0.3, 0.4) is 0 Å². The number of Topliss-reactive ketones (excluding diaryl/α,β-unsaturated/α-hetero) is 1. The van der Waals surface area contributed by atoms with Gasteiger partial charge in [-0.1, -0.05) is 0 Å². The number of hydrogen-bond acceptors (Lipinski definition) is 8. The lowest BCUT2D eigenvalue weighted by Crippen LogP contribution is -2.60. The Morgan fingerprint density at radius 1 is 1.23 bits per heavy atom. The minimum Gasteiger partial charge on any atom is -0.353 e. The molecule has 1 atom stereocenters. The Bertz CT molecular complexity index is 618. The Hall–Kier alpha value is -1.39. The summed E-state index contributed by atoms with van der Waals surface area (Å²) in [5.41, 5.74) is -1.12. The van der Waals surface area contributed by atoms with E-state index in [1.807, 2.05) is 39.5 Å². The summed E-state index contributed by atoms with van der Waals surface area (Å²) in [6.07, 6.45) is 2.90. The Balaban J connectivity index is 2.04. The fourth-order valence-corrected chi connectivity index (χ4v) is 5.77. The van der Waals surface area contributed by atoms with Crippen molar-refractivity contribution >= 4 is 23.5 Å². The van der Waals surface area contributed by atoms with Gasteiger partial charge >= 0.3 is 0 Å². The van der Waals surface area contributed by atoms with Crippen molar-refractivity contribution in [2.24, 2.45) is 11.8 Å². The van der Waals surface area contributed by atoms with Crippen molar-refractivity contribution in [2.75, 3.05) is 18.1 Å². The topological polar surface area (TPSA) is 122 Å². The summed E-state index contributed by atoms with van der Waals surface area (Å²) >= 11 is 1.86. The van der Waals surface area contributed by atoms with Crippen LogP contribution in [-0.2, 0) is 14.4 Å². The zero-order valence-corrected chi connectivity index (χ0v) is 19.2. The summed E-state index contributed by atoms with van der Waals surface area (Å²) in [5.74, 6) is 0.766. The predicted molar refractivity (Wildman–Crippen MR) is 114 cm³/mol. The molecular formula is C20H35N3O6S. The van der Waals surface area contributed by atoms with Crippen LogP contribution in [0.1, 0.15) is 66.2 Å². The first-order chi connectivity index (χ1) is 13.9. The molecule has 0 aliphatic carbocycles. The lowest BCUT2D eigenvalue weighted by Gasteiger charge is -2.51. The van der Waals surface area contributed by atoms with Crippen LogP contribution in [0.2, 0.25) is 0 Å². The van der Waals surface area contributed by atoms with Crippen LogP contribution in [0.5, 0.6) is 0 Å². The van der Waals surface area contributed by atoms with Gasteiger partial charge in [0, 0.05) is 35.4 Å². The number of nitrogens with zero attached hydrogens (tertiary/aromatic N) is 2. The number of nitrogens with one attached hydrogen (secondary N) is 1. The average molecular weight is 446 g/mol. The highest BCUT2D eigenvalue weighted by Gasteiger charge is 2.47. The van der Waals surface area contributed by atoms with E-state index in [9.17, 15) is 24.9 Å². The standard InChI is InChI=1S/C20H35N3O6S/c1-19(2)12-15(13-20(3,4)22(19)26)17(24)11-14(5-8-29-23(27)28)18(25)21-16-6-9-30-10-7-16/h14-16,26H,5-13H2,1-4H3,(H,21,25). The minimum absolute atomic E-state index is 0.0244. The van der Waals surface area contributed by atoms with Crippen LogP contribution in [0.25, 0.3) is 0 Å². The molecule has 1 unspecified atom stereocenters. The maximum absolute atomic E-state index is 13.1. The van der Waals surface area contributed by atoms with E-state index in [-0.39, 0.29) is 43.1 Å². The van der Waals surface area contributed by atoms with Crippen molar-refractivity contribution in [1.82, 2.24) is 10.4 Å². The zero-order valence-electron chi connectivity index (χ0n) is 18.4. The van der Waals surface area contributed by atoms with Gasteiger partial charge in [-0.25, -0.2) is 0 Å². The molecule has 2 N–H and O–H groups in total. The summed E-state index contributed by atoms with van der Waals surface area (Å²) in [7, 11) is 0. The Labute approximate surface area is 182 Å². The van der Waals surface area contributed by atoms with Gasteiger partial charge in [0.05, 0.1) is 6.61 Å². The summed E-state index contributed by atoms with van der Waals surface area (Å²) in [6, 6.07) is 0.0864. The molecule has 2 rings (SSSR count). The maximum atomic E-state index is 13.1. The molecule has 2 aliphatic rings. The highest BCUT2D eigenvalue weighted by molar-refractivity contribution is 7.99. The van der Waals surface area contributed by atoms with Crippen LogP contribution in [-0.4, -0.2) is 62.3 Å². The van der Waals surface area contributed by atoms with Crippen molar-refractivity contribution < 1.29 is 24.7 Å². The summed E-state index contributed by atoms with van der Waals surface area (Å²) in [4.78, 5) is 40.9. The lowest BCUT2D eigenvalue weighted by atomic mass is 9.72. The van der Waals surface area contributed by atoms with Crippen LogP contribution < -0.4 is 5.32 Å². The largest absolute Gasteiger partial charge is 0.353 e. The van der Waals surface area contributed by atoms with Gasteiger partial charge < -0.3 is 15.4 Å². The number of ketones is 1. The molecule has 0 aromatic rings. The SMILES string of the molecule is CC1(C)CC(C(=O)CC(CCO[N+](=O)[O-])C(=O)NC2CCSCC2)CC(C)(C)N1O. The molecule has 30 heavy (non-hydrogen) atoms. The lowest BCUT2D eigenvalue weighted by molar-refractivity contribution is -0.758. The van der Waals surface area contributed by atoms with E-state index in [4.69, 9.17) is 0 Å². The molecule has 0 aromatic carbocycles. The molecular weight excluding hydrogens is 410 g/mol. The molecule has 0 saturated carbocycles. The van der Waals surface area contributed by atoms with E-state index < -0.39 is 22.1 Å². The molecule has 172 valence electrons. The van der Waals surface area contributed by atoms with Gasteiger partial charge in [-0.3, -0.25) is 9.59 Å². The number of thioether (sulfide) groups is 1. The monoisotopic (exact) mass is 445 g/mol. The Morgan fingerprint density at radius 2 is 1.80 bits per heavy atom. The molecule has 0 radical (unpaired) electrons. The quantitative estimate of drug-likeness (QED) is 0.410. The fraction of sp³-hybridized carbons (Fsp3) is 0.900. The van der Waals surface area contributed by atoms with Crippen LogP contribution in [0, 0.1) is 22.0 Å². The second-order valence-electron chi connectivity index (χ2n) is 9.65. The van der Waals surface area contributed by atoms with Gasteiger partial charge in [0.15, 0.2) is 0 Å². The normalized spacial score (nSPS) is 23.5. The predicted octanol–water partition coefficient (Wildman–Crippen LogP) is 2.83. The number of amides is 1. The van der Waals surface area contributed by atoms with Gasteiger partial charge in [-0.2, -0.15) is 16.8 Å². The average Bonchev–Trinajstić information content (AvgIpc) is 2.65. The highest BCUT2D eigenvalue weighted by atomic mass is 32.2. The third kappa shape index (κ3) is 6.81. The number of carbonyl (C=O) groups excluding carboxylic acids is 2. The maximum Gasteiger partial charge on any atom is 0.294 e. The first-order valence-corrected chi connectivity index (χ1v) is 11.8. The molecule has 0 bridgehead atoms. The molecule has 1 amide bonds. The minimum atomic E-state index is -0.878. The van der Waals surface area contributed by atoms with Gasteiger partial charge in [-0.15, -0.1) is 10.1 Å². The number of carbonyl (C=O) groups is 2. The van der Waals surface area contributed by atoms with Gasteiger partial charge in [0.25, 0.3) is 5.09 Å². The van der Waals surface area contributed by atoms with Crippen molar-refractivity contribution in [3.63, 3.8) is 0 Å². The second-order valence-corrected chi connectivity index (χ2v) is 10.9. The fourth-order valence-electron chi connectivity index (χ4n) is 4.66. The third-order valence-corrected chi connectivity index (χ3v) is 7.19. The Kier molecular flexibility index (Phi) is 8.52. The third-order valence-electron chi connectivity index (χ3n) is 6.14. The van der Waals surface area contributed by atoms with E-state index in [1.54, 1.807) is 0 Å². The second kappa shape index (κ2) is 10.3. The van der Waals surface area contributed by atoms with Crippen molar-refractivity contribution in [3.8, 4) is 0 Å². The molecule has 0 aromatic heterocycles. The smallest absolute Gasteiger partial charge is 0.294 e. The van der Waals surface area contributed by atoms with E-state index >= 15 is 0 Å². The molecule has 9 nitrogen and oxygen atoms in total. The zero-order chi connectivity index (χ0) is 22.5. The van der Waals surface area contributed by atoms with Crippen LogP contribution >= 0.6 is 11.8 Å². The molecule has 0 spiro atoms. The van der Waals surface area contributed by atoms with E-state index in [2.05, 4.69) is 10.2 Å². The first-order valence-electron chi connectivity index (χ1n) is 10.6. The van der Waals surface area contributed by atoms with E-state index in [1.165, 1.54) is 5.06 Å². The summed E-state index contributed by atoms with van der Waals surface area (Å²) in [5, 5.41) is 24.4. The van der Waals surface area contributed by atoms with Gasteiger partial charge in [-0.05, 0) is 71.3 Å². The summed E-state index contributed by atoms with van der Waals surface area (Å²) in [6.45, 7) is 7.36. The molecule has 2 fully saturated rings. The van der Waals surface area contributed by atoms with Gasteiger partial charge in [0.2, 0.25) is 5.91 Å². The van der Waals surface area contributed by atoms with Gasteiger partial charge in [0.1, 0.15) is 5.78 Å². The van der Waals surface area contributed by atoms with Crippen LogP contribution in [0.4, 0.5) is 0 Å². The number of hydrogen-bond donors (Lipinski definition) is 2. The van der Waals surface area contributed by atoms with Crippen LogP contribution in [0.15, 0.2) is 0 Å². The highest BCUT2D eigenvalue weighted by Crippen LogP contribution is 2.41. The molecule has 10 heteroatoms. The van der Waals surface area contributed by atoms with E-state index in [0.717, 1.165) is 24.3 Å². The number of piperidine rings is 1. The Morgan fingerprint density at radius 3 is 2.33 bits per heavy atom. The first kappa shape index (κ1) is 24.9. The van der Waals surface area contributed by atoms with Crippen molar-refractivity contribution in [2.45, 2.75) is 83.3 Å². The van der Waals surface area contributed by atoms with Crippen molar-refractivity contribution in [3.05, 3.63) is 10.1 Å². The number of rotatable bonds is 9. The number of hydroxylamine groups is 2.